The number of nitrogens with one attached hydrogen (secondary N) is 2. The number of nitrogens with zero attached hydrogens (tertiary/aromatic N) is 2. The van der Waals surface area contributed by atoms with Gasteiger partial charge in [-0.2, -0.15) is 0 Å². The van der Waals surface area contributed by atoms with Gasteiger partial charge in [0.2, 0.25) is 5.91 Å². The monoisotopic (exact) mass is 752 g/mol. The van der Waals surface area contributed by atoms with E-state index in [1.54, 1.807) is 30.1 Å². The molecule has 3 aromatic carbocycles. The van der Waals surface area contributed by atoms with E-state index in [9.17, 15) is 24.0 Å². The maximum Gasteiger partial charge on any atom is 0.335 e. The highest BCUT2D eigenvalue weighted by Crippen LogP contribution is 2.39. The topological polar surface area (TPSA) is 156 Å². The third-order valence-corrected chi connectivity index (χ3v) is 11.0. The molecule has 0 saturated heterocycles. The van der Waals surface area contributed by atoms with E-state index in [1.165, 1.54) is 11.3 Å². The summed E-state index contributed by atoms with van der Waals surface area (Å²) in [5, 5.41) is 24.7. The molecule has 0 fully saturated rings. The minimum atomic E-state index is -0.998. The molecule has 1 aliphatic carbocycles. The molecule has 0 aliphatic heterocycles. The van der Waals surface area contributed by atoms with Gasteiger partial charge in [0, 0.05) is 55.3 Å². The van der Waals surface area contributed by atoms with Crippen LogP contribution in [0.15, 0.2) is 72.8 Å². The summed E-state index contributed by atoms with van der Waals surface area (Å²) in [5.74, 6) is -2.72. The Morgan fingerprint density at radius 1 is 0.759 bits per heavy atom. The number of benzene rings is 3. The van der Waals surface area contributed by atoms with Crippen molar-refractivity contribution in [2.75, 3.05) is 30.8 Å². The number of thiophene rings is 1. The molecule has 0 bridgehead atoms. The molecule has 0 spiro atoms. The molecule has 0 unspecified atom stereocenters. The molecule has 1 aromatic heterocycles. The van der Waals surface area contributed by atoms with E-state index in [-0.39, 0.29) is 42.2 Å². The summed E-state index contributed by atoms with van der Waals surface area (Å²) in [6.07, 6.45) is 4.94. The van der Waals surface area contributed by atoms with Crippen molar-refractivity contribution in [3.05, 3.63) is 117 Å². The van der Waals surface area contributed by atoms with Crippen LogP contribution in [0.25, 0.3) is 0 Å². The second-order valence-electron chi connectivity index (χ2n) is 14.0. The lowest BCUT2D eigenvalue weighted by molar-refractivity contribution is -0.140. The largest absolute Gasteiger partial charge is 0.481 e. The second kappa shape index (κ2) is 18.6. The van der Waals surface area contributed by atoms with Crippen molar-refractivity contribution >= 4 is 51.7 Å². The fourth-order valence-corrected chi connectivity index (χ4v) is 7.78. The molecule has 11 nitrogen and oxygen atoms in total. The van der Waals surface area contributed by atoms with Gasteiger partial charge >= 0.3 is 11.9 Å². The molecule has 1 heterocycles. The molecular formula is C42H48N4O7S. The molecule has 0 saturated carbocycles. The van der Waals surface area contributed by atoms with E-state index < -0.39 is 11.9 Å². The number of aromatic carboxylic acids is 1. The molecule has 1 aliphatic rings. The number of carbonyl (C=O) groups excluding carboxylic acids is 3. The van der Waals surface area contributed by atoms with Crippen LogP contribution in [0.1, 0.15) is 97.7 Å². The Hall–Kier alpha value is -5.33. The second-order valence-corrected chi connectivity index (χ2v) is 15.1. The fourth-order valence-electron chi connectivity index (χ4n) is 6.49. The number of carbonyl (C=O) groups is 5. The van der Waals surface area contributed by atoms with Gasteiger partial charge in [0.25, 0.3) is 11.8 Å². The summed E-state index contributed by atoms with van der Waals surface area (Å²) in [4.78, 5) is 66.8. The quantitative estimate of drug-likeness (QED) is 0.0887. The van der Waals surface area contributed by atoms with Gasteiger partial charge in [-0.15, -0.1) is 11.3 Å². The van der Waals surface area contributed by atoms with E-state index in [4.69, 9.17) is 10.2 Å². The maximum atomic E-state index is 13.9. The van der Waals surface area contributed by atoms with Crippen molar-refractivity contribution in [1.82, 2.24) is 9.80 Å². The number of fused-ring (bicyclic) bond motifs is 1. The average molecular weight is 753 g/mol. The summed E-state index contributed by atoms with van der Waals surface area (Å²) in [5.41, 5.74) is 5.97. The summed E-state index contributed by atoms with van der Waals surface area (Å²) in [7, 11) is 1.68. The standard InChI is InChI=1S/C42H48N4O7S/c1-27(2)46(24-23-45(3)36(47)21-22-37(48)49)26-30-7-6-8-32(25-30)39(50)44-41-38(34-9-4-5-10-35(34)54-41)40(51)43-33-19-15-29(16-20-33)12-11-28-13-17-31(18-14-28)42(52)53/h6-8,13-20,25,27H,4-5,9-12,21-24,26H2,1-3H3,(H,43,51)(H,44,50)(H,48,49)(H,52,53). The Bertz CT molecular complexity index is 1970. The smallest absolute Gasteiger partial charge is 0.335 e. The van der Waals surface area contributed by atoms with E-state index in [0.717, 1.165) is 65.7 Å². The van der Waals surface area contributed by atoms with E-state index in [1.807, 2.05) is 54.6 Å². The Labute approximate surface area is 320 Å². The fraction of sp³-hybridized carbons (Fsp3) is 0.357. The number of anilines is 2. The number of amides is 3. The first kappa shape index (κ1) is 39.9. The number of carboxylic acid groups (broad SMARTS) is 2. The molecule has 0 atom stereocenters. The third-order valence-electron chi connectivity index (χ3n) is 9.75. The van der Waals surface area contributed by atoms with E-state index in [0.29, 0.717) is 41.4 Å². The van der Waals surface area contributed by atoms with Gasteiger partial charge in [-0.05, 0) is 111 Å². The first-order valence-corrected chi connectivity index (χ1v) is 19.2. The molecule has 284 valence electrons. The molecule has 3 amide bonds. The van der Waals surface area contributed by atoms with Gasteiger partial charge in [-0.3, -0.25) is 24.1 Å². The van der Waals surface area contributed by atoms with Crippen LogP contribution in [0.4, 0.5) is 10.7 Å². The van der Waals surface area contributed by atoms with Crippen molar-refractivity contribution in [3.63, 3.8) is 0 Å². The summed E-state index contributed by atoms with van der Waals surface area (Å²) in [6, 6.07) is 22.1. The first-order valence-electron chi connectivity index (χ1n) is 18.3. The van der Waals surface area contributed by atoms with Crippen molar-refractivity contribution < 1.29 is 34.2 Å². The minimum Gasteiger partial charge on any atom is -0.481 e. The van der Waals surface area contributed by atoms with Crippen LogP contribution in [0.2, 0.25) is 0 Å². The highest BCUT2D eigenvalue weighted by Gasteiger charge is 2.27. The van der Waals surface area contributed by atoms with Crippen molar-refractivity contribution in [1.29, 1.82) is 0 Å². The Balaban J connectivity index is 1.23. The maximum absolute atomic E-state index is 13.9. The predicted octanol–water partition coefficient (Wildman–Crippen LogP) is 7.15. The van der Waals surface area contributed by atoms with Crippen molar-refractivity contribution in [3.8, 4) is 0 Å². The van der Waals surface area contributed by atoms with Gasteiger partial charge in [-0.1, -0.05) is 36.4 Å². The number of aliphatic carboxylic acids is 1. The van der Waals surface area contributed by atoms with E-state index in [2.05, 4.69) is 29.4 Å². The van der Waals surface area contributed by atoms with Crippen molar-refractivity contribution in [2.45, 2.75) is 77.8 Å². The van der Waals surface area contributed by atoms with Gasteiger partial charge in [0.05, 0.1) is 17.5 Å². The number of likely N-dealkylation sites (N-methyl/N-ethyl adjacent to an activating group) is 1. The van der Waals surface area contributed by atoms with Crippen LogP contribution in [0.3, 0.4) is 0 Å². The van der Waals surface area contributed by atoms with Gasteiger partial charge in [-0.25, -0.2) is 4.79 Å². The highest BCUT2D eigenvalue weighted by molar-refractivity contribution is 7.17. The Kier molecular flexibility index (Phi) is 13.7. The molecule has 4 aromatic rings. The van der Waals surface area contributed by atoms with Crippen LogP contribution in [0.5, 0.6) is 0 Å². The number of carboxylic acids is 2. The van der Waals surface area contributed by atoms with Gasteiger partial charge < -0.3 is 25.7 Å². The van der Waals surface area contributed by atoms with Crippen molar-refractivity contribution in [2.24, 2.45) is 0 Å². The van der Waals surface area contributed by atoms with E-state index >= 15 is 0 Å². The average Bonchev–Trinajstić information content (AvgIpc) is 3.53. The lowest BCUT2D eigenvalue weighted by atomic mass is 9.95. The molecule has 4 N–H and O–H groups in total. The lowest BCUT2D eigenvalue weighted by Gasteiger charge is -2.29. The highest BCUT2D eigenvalue weighted by atomic mass is 32.1. The van der Waals surface area contributed by atoms with Crippen LogP contribution in [-0.4, -0.2) is 75.9 Å². The van der Waals surface area contributed by atoms with Crippen LogP contribution in [-0.2, 0) is 41.8 Å². The zero-order chi connectivity index (χ0) is 38.8. The summed E-state index contributed by atoms with van der Waals surface area (Å²) < 4.78 is 0. The predicted molar refractivity (Wildman–Crippen MR) is 211 cm³/mol. The molecular weight excluding hydrogens is 705 g/mol. The number of hydrogen-bond donors (Lipinski definition) is 4. The normalized spacial score (nSPS) is 12.3. The van der Waals surface area contributed by atoms with Crippen LogP contribution in [0, 0.1) is 0 Å². The number of rotatable bonds is 17. The Morgan fingerprint density at radius 2 is 1.43 bits per heavy atom. The Morgan fingerprint density at radius 3 is 2.07 bits per heavy atom. The summed E-state index contributed by atoms with van der Waals surface area (Å²) in [6.45, 7) is 5.71. The molecule has 12 heteroatoms. The number of aryl methyl sites for hydroxylation is 3. The zero-order valence-corrected chi connectivity index (χ0v) is 31.8. The van der Waals surface area contributed by atoms with Gasteiger partial charge in [0.1, 0.15) is 5.00 Å². The van der Waals surface area contributed by atoms with Gasteiger partial charge in [0.15, 0.2) is 0 Å². The number of hydrogen-bond acceptors (Lipinski definition) is 7. The molecule has 5 rings (SSSR count). The minimum absolute atomic E-state index is 0.0364. The lowest BCUT2D eigenvalue weighted by Crippen LogP contribution is -2.39. The molecule has 0 radical (unpaired) electrons. The van der Waals surface area contributed by atoms with Crippen LogP contribution >= 0.6 is 11.3 Å². The van der Waals surface area contributed by atoms with Crippen LogP contribution < -0.4 is 10.6 Å². The third kappa shape index (κ3) is 10.9. The first-order chi connectivity index (χ1) is 25.9. The zero-order valence-electron chi connectivity index (χ0n) is 31.0. The molecule has 54 heavy (non-hydrogen) atoms. The summed E-state index contributed by atoms with van der Waals surface area (Å²) >= 11 is 1.47. The SMILES string of the molecule is CC(C)N(CCN(C)C(=O)CCC(=O)O)Cc1cccc(C(=O)Nc2sc3c(c2C(=O)Nc2ccc(CCc4ccc(C(=O)O)cc4)cc2)CCCC3)c1.